The van der Waals surface area contributed by atoms with Gasteiger partial charge in [-0.15, -0.1) is 0 Å². The lowest BCUT2D eigenvalue weighted by molar-refractivity contribution is -0.389. The standard InChI is InChI=1S/C12H18N4O3/c1-8(17)14-6-9(7-14)15-10(12(2,3)4)5-11(13-15)16(18)19/h5,9H,6-7H2,1-4H3. The van der Waals surface area contributed by atoms with Crippen molar-refractivity contribution in [2.24, 2.45) is 0 Å². The molecule has 0 saturated carbocycles. The summed E-state index contributed by atoms with van der Waals surface area (Å²) in [6.45, 7) is 8.63. The van der Waals surface area contributed by atoms with Gasteiger partial charge in [0.15, 0.2) is 0 Å². The van der Waals surface area contributed by atoms with Gasteiger partial charge < -0.3 is 15.0 Å². The highest BCUT2D eigenvalue weighted by molar-refractivity contribution is 5.74. The smallest absolute Gasteiger partial charge is 0.358 e. The number of carbonyl (C=O) groups excluding carboxylic acids is 1. The average molecular weight is 266 g/mol. The maximum atomic E-state index is 11.2. The fraction of sp³-hybridized carbons (Fsp3) is 0.667. The van der Waals surface area contributed by atoms with E-state index in [1.807, 2.05) is 20.8 Å². The Balaban J connectivity index is 2.30. The highest BCUT2D eigenvalue weighted by Crippen LogP contribution is 2.31. The molecule has 2 rings (SSSR count). The molecule has 1 aliphatic rings. The SMILES string of the molecule is CC(=O)N1CC(n2nc([N+](=O)[O-])cc2C(C)(C)C)C1. The van der Waals surface area contributed by atoms with Crippen LogP contribution in [0.15, 0.2) is 6.07 Å². The number of aromatic nitrogens is 2. The summed E-state index contributed by atoms with van der Waals surface area (Å²) in [5.74, 6) is -0.110. The summed E-state index contributed by atoms with van der Waals surface area (Å²) >= 11 is 0. The minimum atomic E-state index is -0.479. The number of rotatable bonds is 2. The minimum Gasteiger partial charge on any atom is -0.358 e. The molecule has 1 amide bonds. The van der Waals surface area contributed by atoms with Crippen LogP contribution < -0.4 is 0 Å². The van der Waals surface area contributed by atoms with Crippen LogP contribution in [0, 0.1) is 10.1 Å². The van der Waals surface area contributed by atoms with Gasteiger partial charge in [0.25, 0.3) is 0 Å². The van der Waals surface area contributed by atoms with E-state index in [1.165, 1.54) is 13.0 Å². The van der Waals surface area contributed by atoms with E-state index in [2.05, 4.69) is 5.10 Å². The van der Waals surface area contributed by atoms with Crippen LogP contribution in [-0.4, -0.2) is 38.6 Å². The third-order valence-electron chi connectivity index (χ3n) is 3.33. The van der Waals surface area contributed by atoms with Crippen LogP contribution in [0.3, 0.4) is 0 Å². The van der Waals surface area contributed by atoms with Gasteiger partial charge >= 0.3 is 5.82 Å². The van der Waals surface area contributed by atoms with Gasteiger partial charge in [-0.1, -0.05) is 20.8 Å². The van der Waals surface area contributed by atoms with E-state index < -0.39 is 4.92 Å². The highest BCUT2D eigenvalue weighted by Gasteiger charge is 2.37. The molecule has 1 aliphatic heterocycles. The molecule has 0 N–H and O–H groups in total. The molecule has 7 nitrogen and oxygen atoms in total. The second kappa shape index (κ2) is 4.32. The van der Waals surface area contributed by atoms with Gasteiger partial charge in [-0.2, -0.15) is 4.68 Å². The maximum Gasteiger partial charge on any atom is 0.390 e. The molecule has 0 aliphatic carbocycles. The second-order valence-corrected chi connectivity index (χ2v) is 5.92. The first-order chi connectivity index (χ1) is 8.70. The van der Waals surface area contributed by atoms with Gasteiger partial charge in [-0.3, -0.25) is 4.79 Å². The number of amides is 1. The number of hydrogen-bond acceptors (Lipinski definition) is 4. The van der Waals surface area contributed by atoms with E-state index in [1.54, 1.807) is 9.58 Å². The molecule has 0 atom stereocenters. The largest absolute Gasteiger partial charge is 0.390 e. The zero-order valence-electron chi connectivity index (χ0n) is 11.6. The van der Waals surface area contributed by atoms with Crippen LogP contribution in [0.5, 0.6) is 0 Å². The number of likely N-dealkylation sites (tertiary alicyclic amines) is 1. The zero-order chi connectivity index (χ0) is 14.4. The molecule has 1 saturated heterocycles. The van der Waals surface area contributed by atoms with Crippen molar-refractivity contribution in [1.82, 2.24) is 14.7 Å². The molecule has 104 valence electrons. The molecule has 1 fully saturated rings. The molecule has 0 bridgehead atoms. The van der Waals surface area contributed by atoms with Gasteiger partial charge in [0.1, 0.15) is 6.04 Å². The molecular weight excluding hydrogens is 248 g/mol. The van der Waals surface area contributed by atoms with E-state index in [-0.39, 0.29) is 23.2 Å². The van der Waals surface area contributed by atoms with Crippen LogP contribution in [0.25, 0.3) is 0 Å². The zero-order valence-corrected chi connectivity index (χ0v) is 11.6. The summed E-state index contributed by atoms with van der Waals surface area (Å²) in [5, 5.41) is 14.9. The maximum absolute atomic E-state index is 11.2. The van der Waals surface area contributed by atoms with E-state index in [0.29, 0.717) is 13.1 Å². The Hall–Kier alpha value is -1.92. The number of nitro groups is 1. The molecule has 2 heterocycles. The van der Waals surface area contributed by atoms with Gasteiger partial charge in [0.05, 0.1) is 16.9 Å². The van der Waals surface area contributed by atoms with Crippen molar-refractivity contribution in [3.8, 4) is 0 Å². The summed E-state index contributed by atoms with van der Waals surface area (Å²) < 4.78 is 1.71. The average Bonchev–Trinajstić information content (AvgIpc) is 2.58. The lowest BCUT2D eigenvalue weighted by Gasteiger charge is -2.38. The summed E-state index contributed by atoms with van der Waals surface area (Å²) in [5.41, 5.74) is 0.602. The molecular formula is C12H18N4O3. The van der Waals surface area contributed by atoms with Crippen molar-refractivity contribution in [3.05, 3.63) is 21.9 Å². The highest BCUT2D eigenvalue weighted by atomic mass is 16.6. The van der Waals surface area contributed by atoms with Crippen LogP contribution >= 0.6 is 0 Å². The predicted molar refractivity (Wildman–Crippen MR) is 68.9 cm³/mol. The molecule has 1 aromatic heterocycles. The number of hydrogen-bond donors (Lipinski definition) is 0. The second-order valence-electron chi connectivity index (χ2n) is 5.92. The van der Waals surface area contributed by atoms with Crippen LogP contribution in [-0.2, 0) is 10.2 Å². The van der Waals surface area contributed by atoms with Crippen LogP contribution in [0.2, 0.25) is 0 Å². The van der Waals surface area contributed by atoms with Crippen LogP contribution in [0.4, 0.5) is 5.82 Å². The van der Waals surface area contributed by atoms with Gasteiger partial charge in [-0.05, 0) is 4.92 Å². The lowest BCUT2D eigenvalue weighted by Crippen LogP contribution is -2.50. The topological polar surface area (TPSA) is 81.3 Å². The summed E-state index contributed by atoms with van der Waals surface area (Å²) in [4.78, 5) is 23.3. The number of nitrogens with zero attached hydrogens (tertiary/aromatic N) is 4. The Morgan fingerprint density at radius 3 is 2.47 bits per heavy atom. The molecule has 0 radical (unpaired) electrons. The van der Waals surface area contributed by atoms with Crippen molar-refractivity contribution < 1.29 is 9.72 Å². The first-order valence-electron chi connectivity index (χ1n) is 6.20. The Labute approximate surface area is 111 Å². The molecule has 1 aromatic rings. The summed E-state index contributed by atoms with van der Waals surface area (Å²) in [7, 11) is 0. The molecule has 7 heteroatoms. The van der Waals surface area contributed by atoms with Crippen molar-refractivity contribution in [1.29, 1.82) is 0 Å². The van der Waals surface area contributed by atoms with Crippen molar-refractivity contribution in [2.45, 2.75) is 39.2 Å². The summed E-state index contributed by atoms with van der Waals surface area (Å²) in [6, 6.07) is 1.56. The van der Waals surface area contributed by atoms with E-state index >= 15 is 0 Å². The Morgan fingerprint density at radius 2 is 2.05 bits per heavy atom. The Bertz CT molecular complexity index is 524. The van der Waals surface area contributed by atoms with Crippen LogP contribution in [0.1, 0.15) is 39.4 Å². The van der Waals surface area contributed by atoms with Crippen molar-refractivity contribution in [3.63, 3.8) is 0 Å². The van der Waals surface area contributed by atoms with Crippen molar-refractivity contribution in [2.75, 3.05) is 13.1 Å². The summed E-state index contributed by atoms with van der Waals surface area (Å²) in [6.07, 6.45) is 0. The van der Waals surface area contributed by atoms with Gasteiger partial charge in [-0.25, -0.2) is 0 Å². The van der Waals surface area contributed by atoms with E-state index in [0.717, 1.165) is 5.69 Å². The fourth-order valence-corrected chi connectivity index (χ4v) is 2.18. The Kier molecular flexibility index (Phi) is 3.07. The molecule has 19 heavy (non-hydrogen) atoms. The van der Waals surface area contributed by atoms with E-state index in [4.69, 9.17) is 0 Å². The normalized spacial score (nSPS) is 16.3. The number of carbonyl (C=O) groups is 1. The van der Waals surface area contributed by atoms with E-state index in [9.17, 15) is 14.9 Å². The lowest BCUT2D eigenvalue weighted by atomic mass is 9.91. The fourth-order valence-electron chi connectivity index (χ4n) is 2.18. The molecule has 0 spiro atoms. The third-order valence-corrected chi connectivity index (χ3v) is 3.33. The monoisotopic (exact) mass is 266 g/mol. The van der Waals surface area contributed by atoms with Gasteiger partial charge in [0.2, 0.25) is 5.91 Å². The first kappa shape index (κ1) is 13.5. The van der Waals surface area contributed by atoms with Crippen molar-refractivity contribution >= 4 is 11.7 Å². The van der Waals surface area contributed by atoms with Gasteiger partial charge in [0, 0.05) is 25.4 Å². The Morgan fingerprint density at radius 1 is 1.47 bits per heavy atom. The predicted octanol–water partition coefficient (Wildman–Crippen LogP) is 1.49. The first-order valence-corrected chi connectivity index (χ1v) is 6.20. The quantitative estimate of drug-likeness (QED) is 0.600. The third kappa shape index (κ3) is 2.45. The minimum absolute atomic E-state index is 0.0233. The molecule has 0 aromatic carbocycles. The molecule has 0 unspecified atom stereocenters.